The molecule has 0 amide bonds. The Morgan fingerprint density at radius 3 is 1.20 bits per heavy atom. The first-order valence-corrected chi connectivity index (χ1v) is 3.09. The Labute approximate surface area is 79.4 Å². The number of hydrogen-bond donors (Lipinski definition) is 0. The van der Waals surface area contributed by atoms with Crippen LogP contribution in [0.1, 0.15) is 0 Å². The van der Waals surface area contributed by atoms with E-state index >= 15 is 0 Å². The first kappa shape index (κ1) is 26.0. The van der Waals surface area contributed by atoms with Crippen molar-refractivity contribution in [3.63, 3.8) is 0 Å². The molecule has 0 heterocycles. The van der Waals surface area contributed by atoms with Crippen LogP contribution in [0.3, 0.4) is 0 Å². The van der Waals surface area contributed by atoms with E-state index in [1.165, 1.54) is 0 Å². The predicted molar refractivity (Wildman–Crippen MR) is 8.54 cm³/mol. The fraction of sp³-hybridized carbons (Fsp3) is 0. The molecule has 0 saturated heterocycles. The van der Waals surface area contributed by atoms with Gasteiger partial charge in [0.05, 0.1) is 0 Å². The van der Waals surface area contributed by atoms with Gasteiger partial charge in [0, 0.05) is 55.2 Å². The zero-order valence-electron chi connectivity index (χ0n) is 2.44. The van der Waals surface area contributed by atoms with E-state index in [2.05, 4.69) is 6.20 Å². The maximum atomic E-state index is 2.06. The number of hydrogen-bond acceptors (Lipinski definition) is 0. The number of rotatable bonds is 0. The molecule has 0 N–H and O–H groups in total. The molecule has 0 aliphatic heterocycles. The Balaban J connectivity index is -0.00000000167. The average Bonchev–Trinajstić information content (AvgIpc) is 1.00. The molecule has 0 aliphatic carbocycles. The molecule has 0 rings (SSSR count). The molecule has 5 heavy (non-hydrogen) atoms. The molecule has 5 heteroatoms. The van der Waals surface area contributed by atoms with Crippen molar-refractivity contribution in [2.45, 2.75) is 0 Å². The van der Waals surface area contributed by atoms with E-state index in [-0.39, 0.29) is 55.2 Å². The van der Waals surface area contributed by atoms with Gasteiger partial charge in [-0.25, -0.2) is 0 Å². The third-order valence-electron chi connectivity index (χ3n) is 0. The van der Waals surface area contributed by atoms with Gasteiger partial charge in [0.15, 0.2) is 0 Å². The smallest absolute Gasteiger partial charge is 0 e. The van der Waals surface area contributed by atoms with Gasteiger partial charge in [-0.1, -0.05) is 0 Å². The van der Waals surface area contributed by atoms with Crippen LogP contribution < -0.4 is 0 Å². The van der Waals surface area contributed by atoms with Crippen molar-refractivity contribution in [3.05, 3.63) is 0 Å². The minimum atomic E-state index is 0. The van der Waals surface area contributed by atoms with E-state index in [1.54, 1.807) is 19.0 Å². The molecule has 0 bridgehead atoms. The van der Waals surface area contributed by atoms with Gasteiger partial charge >= 0.3 is 25.2 Å². The minimum Gasteiger partial charge on any atom is 0 e. The topological polar surface area (TPSA) is 0 Å². The second kappa shape index (κ2) is 31.9. The summed E-state index contributed by atoms with van der Waals surface area (Å²) in [5.41, 5.74) is 0. The standard InChI is InChI=1S/BH2.Co.Cr.Pt.Re/h1H2;;;;/q+1;;;;-1. The molecule has 0 saturated carbocycles. The summed E-state index contributed by atoms with van der Waals surface area (Å²) < 4.78 is 0. The van der Waals surface area contributed by atoms with Crippen molar-refractivity contribution in [1.82, 2.24) is 0 Å². The fourth-order valence-electron chi connectivity index (χ4n) is 0. The largest absolute Gasteiger partial charge is 0 e. The molecule has 0 spiro atoms. The summed E-state index contributed by atoms with van der Waals surface area (Å²) >= 11 is 1.72. The molecule has 0 aromatic heterocycles. The van der Waals surface area contributed by atoms with E-state index in [1.807, 2.05) is 0 Å². The molecule has 0 fully saturated rings. The Bertz CT molecular complexity index is 11.6. The third kappa shape index (κ3) is 21.3. The predicted octanol–water partition coefficient (Wildman–Crippen LogP) is -0.926. The van der Waals surface area contributed by atoms with Crippen LogP contribution in [0.4, 0.5) is 0 Å². The molecule has 0 aliphatic rings. The molecule has 0 aromatic rings. The molecule has 0 aromatic carbocycles. The second-order valence-corrected chi connectivity index (χ2v) is 0. The summed E-state index contributed by atoms with van der Waals surface area (Å²) in [4.78, 5) is 0. The summed E-state index contributed by atoms with van der Waals surface area (Å²) in [7, 11) is 0. The first-order chi connectivity index (χ1) is 1.00. The normalized spacial score (nSPS) is 1.00. The Morgan fingerprint density at radius 2 is 1.20 bits per heavy atom. The van der Waals surface area contributed by atoms with Gasteiger partial charge in [0.1, 0.15) is 0 Å². The van der Waals surface area contributed by atoms with Crippen molar-refractivity contribution in [1.29, 1.82) is 0 Å². The molecule has 1 radical (unpaired) electrons. The molecular weight excluding hydrogens is 503 g/mol. The maximum Gasteiger partial charge on any atom is 0 e. The van der Waals surface area contributed by atoms with Gasteiger partial charge in [-0.05, 0) is 0 Å². The Kier molecular flexibility index (Phi) is 166. The van der Waals surface area contributed by atoms with Gasteiger partial charge in [0.25, 0.3) is 0 Å². The van der Waals surface area contributed by atoms with Gasteiger partial charge in [0.2, 0.25) is 0 Å². The van der Waals surface area contributed by atoms with Crippen molar-refractivity contribution in [2.75, 3.05) is 0 Å². The third-order valence-corrected chi connectivity index (χ3v) is 0. The van der Waals surface area contributed by atoms with Crippen LogP contribution in [-0.4, -0.2) is 6.20 Å². The van der Waals surface area contributed by atoms with Crippen molar-refractivity contribution in [3.8, 4) is 0 Å². The summed E-state index contributed by atoms with van der Waals surface area (Å²) in [5, 5.41) is 0. The van der Waals surface area contributed by atoms with E-state index in [0.29, 0.717) is 0 Å². The van der Waals surface area contributed by atoms with Crippen LogP contribution in [0.15, 0.2) is 0 Å². The maximum absolute atomic E-state index is 2.06. The zero-order valence-corrected chi connectivity index (χ0v) is 9.74. The summed E-state index contributed by atoms with van der Waals surface area (Å²) in [6.07, 6.45) is 2.06. The SMILES string of the molecule is [BH2][Re].[Co].[Cr].[Pt]. The van der Waals surface area contributed by atoms with Gasteiger partial charge in [-0.15, -0.1) is 0 Å². The first-order valence-electron chi connectivity index (χ1n) is 0.378. The van der Waals surface area contributed by atoms with E-state index in [4.69, 9.17) is 0 Å². The van der Waals surface area contributed by atoms with Gasteiger partial charge in [-0.2, -0.15) is 0 Å². The Morgan fingerprint density at radius 1 is 1.20 bits per heavy atom. The van der Waals surface area contributed by atoms with Crippen molar-refractivity contribution < 1.29 is 74.2 Å². The summed E-state index contributed by atoms with van der Waals surface area (Å²) in [6.45, 7) is 0. The van der Waals surface area contributed by atoms with Crippen molar-refractivity contribution in [2.24, 2.45) is 0 Å². The second-order valence-electron chi connectivity index (χ2n) is 0. The Hall–Kier alpha value is 2.45. The molecule has 0 unspecified atom stereocenters. The summed E-state index contributed by atoms with van der Waals surface area (Å²) in [5.74, 6) is 0. The fourth-order valence-corrected chi connectivity index (χ4v) is 0. The van der Waals surface area contributed by atoms with Gasteiger partial charge < -0.3 is 0 Å². The van der Waals surface area contributed by atoms with Crippen LogP contribution in [-0.2, 0) is 74.2 Å². The van der Waals surface area contributed by atoms with Crippen LogP contribution in [0.5, 0.6) is 0 Å². The molecule has 0 nitrogen and oxygen atoms in total. The molecule has 0 atom stereocenters. The average molecular weight is 505 g/mol. The molecular formula is H2BCoCrPtRe. The monoisotopic (exact) mass is 506 g/mol. The van der Waals surface area contributed by atoms with Crippen LogP contribution in [0, 0.1) is 0 Å². The van der Waals surface area contributed by atoms with Crippen molar-refractivity contribution >= 4 is 6.20 Å². The molecule has 37 valence electrons. The summed E-state index contributed by atoms with van der Waals surface area (Å²) in [6, 6.07) is 0. The van der Waals surface area contributed by atoms with Crippen LogP contribution in [0.25, 0.3) is 0 Å². The van der Waals surface area contributed by atoms with Crippen LogP contribution >= 0.6 is 0 Å². The van der Waals surface area contributed by atoms with E-state index in [0.717, 1.165) is 0 Å². The van der Waals surface area contributed by atoms with Gasteiger partial charge in [-0.3, -0.25) is 0 Å². The quantitative estimate of drug-likeness (QED) is 0.374. The van der Waals surface area contributed by atoms with E-state index in [9.17, 15) is 0 Å². The van der Waals surface area contributed by atoms with E-state index < -0.39 is 0 Å². The minimum absolute atomic E-state index is 0. The zero-order chi connectivity index (χ0) is 2.00. The van der Waals surface area contributed by atoms with Crippen LogP contribution in [0.2, 0.25) is 0 Å².